The van der Waals surface area contributed by atoms with Gasteiger partial charge in [0, 0.05) is 12.9 Å². The molecule has 15 heavy (non-hydrogen) atoms. The first-order valence-electron chi connectivity index (χ1n) is 5.18. The Labute approximate surface area is 97.6 Å². The van der Waals surface area contributed by atoms with E-state index >= 15 is 0 Å². The quantitative estimate of drug-likeness (QED) is 0.430. The Morgan fingerprint density at radius 3 is 2.20 bits per heavy atom. The number of ether oxygens (including phenoxy) is 4. The third-order valence-electron chi connectivity index (χ3n) is 1.64. The van der Waals surface area contributed by atoms with E-state index in [0.717, 1.165) is 5.75 Å². The van der Waals surface area contributed by atoms with Crippen LogP contribution < -0.4 is 0 Å². The van der Waals surface area contributed by atoms with E-state index in [1.807, 2.05) is 6.92 Å². The van der Waals surface area contributed by atoms with E-state index < -0.39 is 0 Å². The van der Waals surface area contributed by atoms with Crippen molar-refractivity contribution >= 4 is 12.6 Å². The summed E-state index contributed by atoms with van der Waals surface area (Å²) in [4.78, 5) is 0. The van der Waals surface area contributed by atoms with Crippen LogP contribution in [0.25, 0.3) is 0 Å². The second kappa shape index (κ2) is 12.3. The molecule has 0 aliphatic rings. The largest absolute Gasteiger partial charge is 0.382 e. The summed E-state index contributed by atoms with van der Waals surface area (Å²) in [5.41, 5.74) is 0. The summed E-state index contributed by atoms with van der Waals surface area (Å²) in [6, 6.07) is 0. The molecule has 0 saturated heterocycles. The highest BCUT2D eigenvalue weighted by Gasteiger charge is 1.99. The summed E-state index contributed by atoms with van der Waals surface area (Å²) < 4.78 is 20.8. The first-order chi connectivity index (χ1) is 7.31. The number of rotatable bonds is 11. The normalized spacial score (nSPS) is 13.0. The number of hydrogen-bond acceptors (Lipinski definition) is 5. The van der Waals surface area contributed by atoms with Crippen LogP contribution in [0.3, 0.4) is 0 Å². The predicted octanol–water partition coefficient (Wildman–Crippen LogP) is 1.00. The summed E-state index contributed by atoms with van der Waals surface area (Å²) in [5, 5.41) is 0. The summed E-state index contributed by atoms with van der Waals surface area (Å²) in [7, 11) is 1.66. The van der Waals surface area contributed by atoms with E-state index in [1.165, 1.54) is 0 Å². The SMILES string of the molecule is COCC(C)OCCOCCOCCS. The zero-order chi connectivity index (χ0) is 11.4. The van der Waals surface area contributed by atoms with Gasteiger partial charge in [-0.25, -0.2) is 0 Å². The van der Waals surface area contributed by atoms with Crippen LogP contribution >= 0.6 is 12.6 Å². The topological polar surface area (TPSA) is 36.9 Å². The van der Waals surface area contributed by atoms with Crippen molar-refractivity contribution in [2.45, 2.75) is 13.0 Å². The molecule has 92 valence electrons. The van der Waals surface area contributed by atoms with Gasteiger partial charge in [-0.15, -0.1) is 0 Å². The Bertz CT molecular complexity index is 124. The minimum atomic E-state index is 0.124. The van der Waals surface area contributed by atoms with E-state index in [2.05, 4.69) is 12.6 Å². The minimum Gasteiger partial charge on any atom is -0.382 e. The van der Waals surface area contributed by atoms with Crippen LogP contribution in [0, 0.1) is 0 Å². The maximum Gasteiger partial charge on any atom is 0.0781 e. The minimum absolute atomic E-state index is 0.124. The molecule has 0 aliphatic carbocycles. The van der Waals surface area contributed by atoms with Gasteiger partial charge in [-0.3, -0.25) is 0 Å². The lowest BCUT2D eigenvalue weighted by Crippen LogP contribution is -2.18. The average molecular weight is 238 g/mol. The molecule has 0 radical (unpaired) electrons. The van der Waals surface area contributed by atoms with Crippen LogP contribution in [0.4, 0.5) is 0 Å². The summed E-state index contributed by atoms with van der Waals surface area (Å²) >= 11 is 4.02. The standard InChI is InChI=1S/C10H22O4S/c1-10(9-11-2)14-6-5-12-3-4-13-7-8-15/h10,15H,3-9H2,1-2H3. The van der Waals surface area contributed by atoms with E-state index in [-0.39, 0.29) is 6.10 Å². The van der Waals surface area contributed by atoms with E-state index in [9.17, 15) is 0 Å². The second-order valence-corrected chi connectivity index (χ2v) is 3.53. The number of hydrogen-bond donors (Lipinski definition) is 1. The second-order valence-electron chi connectivity index (χ2n) is 3.09. The fraction of sp³-hybridized carbons (Fsp3) is 1.00. The summed E-state index contributed by atoms with van der Waals surface area (Å²) in [6.45, 7) is 5.68. The Hall–Kier alpha value is 0.190. The molecule has 0 heterocycles. The highest BCUT2D eigenvalue weighted by atomic mass is 32.1. The van der Waals surface area contributed by atoms with Crippen molar-refractivity contribution in [3.8, 4) is 0 Å². The van der Waals surface area contributed by atoms with Crippen LogP contribution in [0.15, 0.2) is 0 Å². The highest BCUT2D eigenvalue weighted by molar-refractivity contribution is 7.80. The van der Waals surface area contributed by atoms with Gasteiger partial charge in [0.15, 0.2) is 0 Å². The molecule has 0 fully saturated rings. The lowest BCUT2D eigenvalue weighted by molar-refractivity contribution is -0.0278. The Morgan fingerprint density at radius 1 is 1.00 bits per heavy atom. The van der Waals surface area contributed by atoms with Gasteiger partial charge in [-0.1, -0.05) is 0 Å². The highest BCUT2D eigenvalue weighted by Crippen LogP contribution is 1.90. The zero-order valence-electron chi connectivity index (χ0n) is 9.61. The van der Waals surface area contributed by atoms with Crippen LogP contribution in [0.5, 0.6) is 0 Å². The smallest absolute Gasteiger partial charge is 0.0781 e. The van der Waals surface area contributed by atoms with Crippen molar-refractivity contribution in [3.63, 3.8) is 0 Å². The number of thiol groups is 1. The van der Waals surface area contributed by atoms with Gasteiger partial charge >= 0.3 is 0 Å². The van der Waals surface area contributed by atoms with Crippen LogP contribution in [-0.2, 0) is 18.9 Å². The molecule has 0 aliphatic heterocycles. The molecule has 0 aromatic heterocycles. The molecule has 0 saturated carbocycles. The van der Waals surface area contributed by atoms with Gasteiger partial charge in [0.05, 0.1) is 45.7 Å². The molecule has 1 unspecified atom stereocenters. The van der Waals surface area contributed by atoms with Gasteiger partial charge in [0.25, 0.3) is 0 Å². The number of methoxy groups -OCH3 is 1. The molecule has 0 aromatic rings. The Morgan fingerprint density at radius 2 is 1.60 bits per heavy atom. The maximum atomic E-state index is 5.41. The first kappa shape index (κ1) is 15.2. The molecule has 0 bridgehead atoms. The van der Waals surface area contributed by atoms with Crippen molar-refractivity contribution in [1.29, 1.82) is 0 Å². The van der Waals surface area contributed by atoms with Crippen molar-refractivity contribution in [3.05, 3.63) is 0 Å². The fourth-order valence-corrected chi connectivity index (χ4v) is 1.11. The molecule has 0 rings (SSSR count). The average Bonchev–Trinajstić information content (AvgIpc) is 2.22. The van der Waals surface area contributed by atoms with Crippen LogP contribution in [-0.4, -0.2) is 58.6 Å². The van der Waals surface area contributed by atoms with Crippen LogP contribution in [0.1, 0.15) is 6.92 Å². The van der Waals surface area contributed by atoms with E-state index in [1.54, 1.807) is 7.11 Å². The third-order valence-corrected chi connectivity index (χ3v) is 1.82. The van der Waals surface area contributed by atoms with Crippen molar-refractivity contribution in [2.75, 3.05) is 52.5 Å². The Kier molecular flexibility index (Phi) is 12.4. The lowest BCUT2D eigenvalue weighted by atomic mass is 10.4. The van der Waals surface area contributed by atoms with Crippen molar-refractivity contribution in [2.24, 2.45) is 0 Å². The van der Waals surface area contributed by atoms with Gasteiger partial charge < -0.3 is 18.9 Å². The van der Waals surface area contributed by atoms with Gasteiger partial charge in [-0.05, 0) is 6.92 Å². The summed E-state index contributed by atoms with van der Waals surface area (Å²) in [6.07, 6.45) is 0.124. The lowest BCUT2D eigenvalue weighted by Gasteiger charge is -2.11. The van der Waals surface area contributed by atoms with Gasteiger partial charge in [0.2, 0.25) is 0 Å². The molecule has 5 heteroatoms. The maximum absolute atomic E-state index is 5.41. The molecule has 0 aromatic carbocycles. The zero-order valence-corrected chi connectivity index (χ0v) is 10.5. The van der Waals surface area contributed by atoms with Crippen LogP contribution in [0.2, 0.25) is 0 Å². The van der Waals surface area contributed by atoms with Crippen molar-refractivity contribution in [1.82, 2.24) is 0 Å². The van der Waals surface area contributed by atoms with E-state index in [0.29, 0.717) is 39.6 Å². The molecule has 0 amide bonds. The van der Waals surface area contributed by atoms with Crippen molar-refractivity contribution < 1.29 is 18.9 Å². The van der Waals surface area contributed by atoms with Gasteiger partial charge in [0.1, 0.15) is 0 Å². The van der Waals surface area contributed by atoms with Gasteiger partial charge in [-0.2, -0.15) is 12.6 Å². The molecule has 0 spiro atoms. The Balaban J connectivity index is 2.98. The third kappa shape index (κ3) is 12.1. The predicted molar refractivity (Wildman–Crippen MR) is 62.8 cm³/mol. The molecular formula is C10H22O4S. The van der Waals surface area contributed by atoms with E-state index in [4.69, 9.17) is 18.9 Å². The summed E-state index contributed by atoms with van der Waals surface area (Å²) in [5.74, 6) is 0.748. The fourth-order valence-electron chi connectivity index (χ4n) is 0.978. The molecule has 1 atom stereocenters. The molecular weight excluding hydrogens is 216 g/mol. The first-order valence-corrected chi connectivity index (χ1v) is 5.81. The monoisotopic (exact) mass is 238 g/mol. The molecule has 0 N–H and O–H groups in total. The molecule has 4 nitrogen and oxygen atoms in total.